The third kappa shape index (κ3) is 7.03. The molecule has 0 spiro atoms. The number of methoxy groups -OCH3 is 1. The highest BCUT2D eigenvalue weighted by atomic mass is 16.5. The van der Waals surface area contributed by atoms with Gasteiger partial charge in [-0.1, -0.05) is 13.8 Å². The van der Waals surface area contributed by atoms with E-state index in [9.17, 15) is 0 Å². The van der Waals surface area contributed by atoms with Crippen molar-refractivity contribution in [1.82, 2.24) is 5.32 Å². The van der Waals surface area contributed by atoms with Crippen molar-refractivity contribution in [3.8, 4) is 0 Å². The zero-order valence-corrected chi connectivity index (χ0v) is 9.76. The number of nitrogens with one attached hydrogen (secondary N) is 1. The summed E-state index contributed by atoms with van der Waals surface area (Å²) in [4.78, 5) is 0. The molecule has 0 aromatic carbocycles. The molecule has 0 rings (SSSR count). The molecule has 0 aliphatic carbocycles. The first-order valence-electron chi connectivity index (χ1n) is 5.30. The third-order valence-electron chi connectivity index (χ3n) is 2.49. The second-order valence-electron chi connectivity index (χ2n) is 4.24. The Morgan fingerprint density at radius 1 is 1.15 bits per heavy atom. The molecule has 0 bridgehead atoms. The van der Waals surface area contributed by atoms with Crippen LogP contribution >= 0.6 is 0 Å². The van der Waals surface area contributed by atoms with Gasteiger partial charge in [-0.2, -0.15) is 0 Å². The van der Waals surface area contributed by atoms with Gasteiger partial charge in [0.15, 0.2) is 0 Å². The van der Waals surface area contributed by atoms with Gasteiger partial charge >= 0.3 is 0 Å². The van der Waals surface area contributed by atoms with Crippen molar-refractivity contribution < 1.29 is 4.74 Å². The highest BCUT2D eigenvalue weighted by Crippen LogP contribution is 2.11. The molecular formula is C11H25NO. The summed E-state index contributed by atoms with van der Waals surface area (Å²) >= 11 is 0. The van der Waals surface area contributed by atoms with Crippen LogP contribution in [0, 0.1) is 5.92 Å². The lowest BCUT2D eigenvalue weighted by Gasteiger charge is -2.19. The second kappa shape index (κ2) is 7.34. The topological polar surface area (TPSA) is 21.3 Å². The normalized spacial score (nSPS) is 16.2. The lowest BCUT2D eigenvalue weighted by atomic mass is 9.99. The van der Waals surface area contributed by atoms with Gasteiger partial charge in [0.25, 0.3) is 0 Å². The summed E-state index contributed by atoms with van der Waals surface area (Å²) in [5.74, 6) is 0.773. The van der Waals surface area contributed by atoms with E-state index in [1.807, 2.05) is 7.05 Å². The zero-order valence-electron chi connectivity index (χ0n) is 9.76. The predicted octanol–water partition coefficient (Wildman–Crippen LogP) is 2.44. The van der Waals surface area contributed by atoms with Crippen LogP contribution in [0.2, 0.25) is 0 Å². The van der Waals surface area contributed by atoms with Gasteiger partial charge < -0.3 is 10.1 Å². The van der Waals surface area contributed by atoms with E-state index in [1.54, 1.807) is 7.11 Å². The maximum absolute atomic E-state index is 5.22. The van der Waals surface area contributed by atoms with Gasteiger partial charge in [0.2, 0.25) is 0 Å². The van der Waals surface area contributed by atoms with E-state index in [0.717, 1.165) is 12.3 Å². The first-order valence-corrected chi connectivity index (χ1v) is 5.30. The largest absolute Gasteiger partial charge is 0.382 e. The molecule has 0 saturated heterocycles. The van der Waals surface area contributed by atoms with Crippen molar-refractivity contribution in [2.24, 2.45) is 5.92 Å². The van der Waals surface area contributed by atoms with Crippen molar-refractivity contribution in [3.05, 3.63) is 0 Å². The standard InChI is InChI=1S/C11H25NO/c1-9(2)8-11(12-4)7-6-10(3)13-5/h9-12H,6-8H2,1-5H3. The van der Waals surface area contributed by atoms with Crippen LogP contribution in [-0.2, 0) is 4.74 Å². The van der Waals surface area contributed by atoms with Gasteiger partial charge in [-0.25, -0.2) is 0 Å². The molecule has 2 unspecified atom stereocenters. The minimum Gasteiger partial charge on any atom is -0.382 e. The fraction of sp³-hybridized carbons (Fsp3) is 1.00. The molecule has 0 amide bonds. The smallest absolute Gasteiger partial charge is 0.0543 e. The van der Waals surface area contributed by atoms with Crippen LogP contribution in [0.5, 0.6) is 0 Å². The van der Waals surface area contributed by atoms with Crippen molar-refractivity contribution in [1.29, 1.82) is 0 Å². The van der Waals surface area contributed by atoms with Crippen molar-refractivity contribution in [2.75, 3.05) is 14.2 Å². The quantitative estimate of drug-likeness (QED) is 0.661. The first-order chi connectivity index (χ1) is 6.10. The maximum atomic E-state index is 5.22. The van der Waals surface area contributed by atoms with E-state index >= 15 is 0 Å². The molecule has 0 radical (unpaired) electrons. The van der Waals surface area contributed by atoms with Crippen molar-refractivity contribution >= 4 is 0 Å². The number of hydrogen-bond acceptors (Lipinski definition) is 2. The highest BCUT2D eigenvalue weighted by Gasteiger charge is 2.10. The van der Waals surface area contributed by atoms with Gasteiger partial charge in [-0.3, -0.25) is 0 Å². The molecular weight excluding hydrogens is 162 g/mol. The van der Waals surface area contributed by atoms with Gasteiger partial charge in [0.05, 0.1) is 6.10 Å². The molecule has 0 aromatic rings. The Labute approximate surface area is 83.1 Å². The molecule has 13 heavy (non-hydrogen) atoms. The molecule has 0 heterocycles. The fourth-order valence-corrected chi connectivity index (χ4v) is 1.50. The Hall–Kier alpha value is -0.0800. The Morgan fingerprint density at radius 2 is 1.77 bits per heavy atom. The van der Waals surface area contributed by atoms with Crippen LogP contribution in [0.4, 0.5) is 0 Å². The summed E-state index contributed by atoms with van der Waals surface area (Å²) in [5.41, 5.74) is 0. The van der Waals surface area contributed by atoms with Gasteiger partial charge in [0, 0.05) is 13.2 Å². The van der Waals surface area contributed by atoms with Crippen LogP contribution in [0.3, 0.4) is 0 Å². The van der Waals surface area contributed by atoms with E-state index in [4.69, 9.17) is 4.74 Å². The zero-order chi connectivity index (χ0) is 10.3. The van der Waals surface area contributed by atoms with Crippen LogP contribution in [0.25, 0.3) is 0 Å². The lowest BCUT2D eigenvalue weighted by Crippen LogP contribution is -2.28. The minimum atomic E-state index is 0.392. The molecule has 0 aliphatic rings. The summed E-state index contributed by atoms with van der Waals surface area (Å²) in [6.07, 6.45) is 4.01. The Kier molecular flexibility index (Phi) is 7.29. The van der Waals surface area contributed by atoms with E-state index < -0.39 is 0 Å². The number of hydrogen-bond donors (Lipinski definition) is 1. The van der Waals surface area contributed by atoms with Gasteiger partial charge in [0.1, 0.15) is 0 Å². The van der Waals surface area contributed by atoms with E-state index in [0.29, 0.717) is 12.1 Å². The summed E-state index contributed by atoms with van der Waals surface area (Å²) in [6.45, 7) is 6.66. The van der Waals surface area contributed by atoms with Crippen molar-refractivity contribution in [3.63, 3.8) is 0 Å². The van der Waals surface area contributed by atoms with E-state index in [2.05, 4.69) is 26.1 Å². The predicted molar refractivity (Wildman–Crippen MR) is 58.0 cm³/mol. The summed E-state index contributed by atoms with van der Waals surface area (Å²) < 4.78 is 5.22. The van der Waals surface area contributed by atoms with Gasteiger partial charge in [-0.15, -0.1) is 0 Å². The van der Waals surface area contributed by atoms with Crippen LogP contribution in [-0.4, -0.2) is 26.3 Å². The summed E-state index contributed by atoms with van der Waals surface area (Å²) in [5, 5.41) is 3.36. The van der Waals surface area contributed by atoms with Gasteiger partial charge in [-0.05, 0) is 39.2 Å². The van der Waals surface area contributed by atoms with Crippen molar-refractivity contribution in [2.45, 2.75) is 52.2 Å². The van der Waals surface area contributed by atoms with E-state index in [1.165, 1.54) is 12.8 Å². The average Bonchev–Trinajstić information content (AvgIpc) is 2.10. The maximum Gasteiger partial charge on any atom is 0.0543 e. The van der Waals surface area contributed by atoms with Crippen LogP contribution in [0.15, 0.2) is 0 Å². The third-order valence-corrected chi connectivity index (χ3v) is 2.49. The highest BCUT2D eigenvalue weighted by molar-refractivity contribution is 4.67. The molecule has 0 aromatic heterocycles. The first kappa shape index (κ1) is 12.9. The Balaban J connectivity index is 3.59. The summed E-state index contributed by atoms with van der Waals surface area (Å²) in [6, 6.07) is 0.651. The molecule has 0 fully saturated rings. The lowest BCUT2D eigenvalue weighted by molar-refractivity contribution is 0.105. The SMILES string of the molecule is CNC(CCC(C)OC)CC(C)C. The van der Waals surface area contributed by atoms with Crippen LogP contribution in [0.1, 0.15) is 40.0 Å². The Bertz CT molecular complexity index is 115. The summed E-state index contributed by atoms with van der Waals surface area (Å²) in [7, 11) is 3.83. The fourth-order valence-electron chi connectivity index (χ4n) is 1.50. The van der Waals surface area contributed by atoms with E-state index in [-0.39, 0.29) is 0 Å². The minimum absolute atomic E-state index is 0.392. The molecule has 2 nitrogen and oxygen atoms in total. The molecule has 2 heteroatoms. The van der Waals surface area contributed by atoms with Crippen LogP contribution < -0.4 is 5.32 Å². The number of ether oxygens (including phenoxy) is 1. The Morgan fingerprint density at radius 3 is 2.15 bits per heavy atom. The molecule has 1 N–H and O–H groups in total. The second-order valence-corrected chi connectivity index (χ2v) is 4.24. The monoisotopic (exact) mass is 187 g/mol. The molecule has 2 atom stereocenters. The molecule has 80 valence electrons. The molecule has 0 saturated carbocycles. The number of rotatable bonds is 7. The molecule has 0 aliphatic heterocycles. The average molecular weight is 187 g/mol.